The van der Waals surface area contributed by atoms with E-state index in [0.29, 0.717) is 12.1 Å². The van der Waals surface area contributed by atoms with Crippen molar-refractivity contribution in [2.24, 2.45) is 11.7 Å². The molecule has 0 radical (unpaired) electrons. The van der Waals surface area contributed by atoms with Crippen molar-refractivity contribution in [1.82, 2.24) is 4.31 Å². The van der Waals surface area contributed by atoms with E-state index in [1.807, 2.05) is 6.92 Å². The zero-order valence-electron chi connectivity index (χ0n) is 12.1. The second-order valence-corrected chi connectivity index (χ2v) is 7.80. The Labute approximate surface area is 130 Å². The number of aliphatic hydroxyl groups excluding tert-OH is 1. The van der Waals surface area contributed by atoms with Crippen molar-refractivity contribution < 1.29 is 13.5 Å². The van der Waals surface area contributed by atoms with E-state index in [1.54, 1.807) is 19.1 Å². The van der Waals surface area contributed by atoms with Crippen LogP contribution >= 0.6 is 12.2 Å². The highest BCUT2D eigenvalue weighted by Crippen LogP contribution is 2.30. The van der Waals surface area contributed by atoms with Crippen LogP contribution in [-0.2, 0) is 10.0 Å². The molecule has 2 atom stereocenters. The average Bonchev–Trinajstić information content (AvgIpc) is 2.79. The van der Waals surface area contributed by atoms with Crippen LogP contribution in [0.2, 0.25) is 0 Å². The molecular weight excluding hydrogens is 308 g/mol. The summed E-state index contributed by atoms with van der Waals surface area (Å²) in [5.41, 5.74) is 7.01. The molecule has 2 rings (SSSR count). The van der Waals surface area contributed by atoms with Gasteiger partial charge in [-0.2, -0.15) is 4.31 Å². The van der Waals surface area contributed by atoms with Gasteiger partial charge in [-0.1, -0.05) is 25.2 Å². The number of aliphatic hydroxyl groups is 1. The molecular formula is C14H20N2O3S2. The molecule has 21 heavy (non-hydrogen) atoms. The van der Waals surface area contributed by atoms with Gasteiger partial charge in [0.1, 0.15) is 4.99 Å². The standard InChI is InChI=1S/C14H20N2O3S2/c1-9-5-6-16(13(9)8-17)21(18,19)11-3-4-12(14(15)20)10(2)7-11/h3-4,7,9,13,17H,5-6,8H2,1-2H3,(H2,15,20). The van der Waals surface area contributed by atoms with Gasteiger partial charge in [0.2, 0.25) is 10.0 Å². The summed E-state index contributed by atoms with van der Waals surface area (Å²) in [6, 6.07) is 4.39. The molecule has 1 fully saturated rings. The number of benzene rings is 1. The van der Waals surface area contributed by atoms with Crippen molar-refractivity contribution in [2.45, 2.75) is 31.2 Å². The predicted molar refractivity (Wildman–Crippen MR) is 85.6 cm³/mol. The average molecular weight is 328 g/mol. The van der Waals surface area contributed by atoms with Gasteiger partial charge >= 0.3 is 0 Å². The molecule has 0 aliphatic carbocycles. The van der Waals surface area contributed by atoms with Gasteiger partial charge in [-0.15, -0.1) is 0 Å². The van der Waals surface area contributed by atoms with Crippen molar-refractivity contribution in [1.29, 1.82) is 0 Å². The monoisotopic (exact) mass is 328 g/mol. The molecule has 0 aromatic heterocycles. The molecule has 1 aromatic rings. The van der Waals surface area contributed by atoms with E-state index in [0.717, 1.165) is 12.0 Å². The summed E-state index contributed by atoms with van der Waals surface area (Å²) in [7, 11) is -3.61. The highest BCUT2D eigenvalue weighted by atomic mass is 32.2. The van der Waals surface area contributed by atoms with Crippen LogP contribution in [-0.4, -0.2) is 42.0 Å². The second kappa shape index (κ2) is 6.00. The second-order valence-electron chi connectivity index (χ2n) is 5.47. The fraction of sp³-hybridized carbons (Fsp3) is 0.500. The lowest BCUT2D eigenvalue weighted by Gasteiger charge is -2.24. The molecule has 1 aliphatic rings. The molecule has 0 spiro atoms. The van der Waals surface area contributed by atoms with Crippen molar-refractivity contribution in [2.75, 3.05) is 13.2 Å². The van der Waals surface area contributed by atoms with Gasteiger partial charge < -0.3 is 10.8 Å². The Morgan fingerprint density at radius 3 is 2.71 bits per heavy atom. The lowest BCUT2D eigenvalue weighted by Crippen LogP contribution is -2.39. The molecule has 116 valence electrons. The summed E-state index contributed by atoms with van der Waals surface area (Å²) in [6.07, 6.45) is 0.758. The highest BCUT2D eigenvalue weighted by Gasteiger charge is 2.39. The zero-order valence-corrected chi connectivity index (χ0v) is 13.7. The molecule has 1 aromatic carbocycles. The SMILES string of the molecule is Cc1cc(S(=O)(=O)N2CCC(C)C2CO)ccc1C(N)=S. The molecule has 1 heterocycles. The molecule has 0 amide bonds. The minimum atomic E-state index is -3.61. The van der Waals surface area contributed by atoms with E-state index < -0.39 is 10.0 Å². The molecule has 2 unspecified atom stereocenters. The van der Waals surface area contributed by atoms with E-state index in [-0.39, 0.29) is 28.5 Å². The van der Waals surface area contributed by atoms with Crippen LogP contribution in [0.25, 0.3) is 0 Å². The third-order valence-electron chi connectivity index (χ3n) is 4.09. The van der Waals surface area contributed by atoms with Crippen molar-refractivity contribution in [3.63, 3.8) is 0 Å². The fourth-order valence-electron chi connectivity index (χ4n) is 2.75. The van der Waals surface area contributed by atoms with E-state index in [9.17, 15) is 13.5 Å². The summed E-state index contributed by atoms with van der Waals surface area (Å²) in [5.74, 6) is 0.154. The van der Waals surface area contributed by atoms with Crippen molar-refractivity contribution in [3.8, 4) is 0 Å². The van der Waals surface area contributed by atoms with Gasteiger partial charge in [-0.25, -0.2) is 8.42 Å². The lowest BCUT2D eigenvalue weighted by molar-refractivity contribution is 0.191. The number of nitrogens with two attached hydrogens (primary N) is 1. The molecule has 5 nitrogen and oxygen atoms in total. The number of hydrogen-bond donors (Lipinski definition) is 2. The number of rotatable bonds is 4. The third-order valence-corrected chi connectivity index (χ3v) is 6.23. The summed E-state index contributed by atoms with van der Waals surface area (Å²) in [6.45, 7) is 4.01. The van der Waals surface area contributed by atoms with Crippen LogP contribution in [0.15, 0.2) is 23.1 Å². The first kappa shape index (κ1) is 16.4. The Morgan fingerprint density at radius 2 is 2.19 bits per heavy atom. The minimum Gasteiger partial charge on any atom is -0.395 e. The first-order valence-corrected chi connectivity index (χ1v) is 8.67. The van der Waals surface area contributed by atoms with Crippen LogP contribution in [0.1, 0.15) is 24.5 Å². The molecule has 0 bridgehead atoms. The molecule has 1 saturated heterocycles. The maximum Gasteiger partial charge on any atom is 0.243 e. The van der Waals surface area contributed by atoms with Gasteiger partial charge in [-0.3, -0.25) is 0 Å². The van der Waals surface area contributed by atoms with Crippen LogP contribution < -0.4 is 5.73 Å². The quantitative estimate of drug-likeness (QED) is 0.806. The van der Waals surface area contributed by atoms with Crippen molar-refractivity contribution >= 4 is 27.2 Å². The maximum absolute atomic E-state index is 12.7. The maximum atomic E-state index is 12.7. The predicted octanol–water partition coefficient (Wildman–Crippen LogP) is 1.02. The van der Waals surface area contributed by atoms with Crippen LogP contribution in [0, 0.1) is 12.8 Å². The minimum absolute atomic E-state index is 0.154. The van der Waals surface area contributed by atoms with Gasteiger partial charge in [0, 0.05) is 12.1 Å². The summed E-state index contributed by atoms with van der Waals surface area (Å²) < 4.78 is 26.9. The number of sulfonamides is 1. The van der Waals surface area contributed by atoms with E-state index in [2.05, 4.69) is 0 Å². The number of thiocarbonyl (C=S) groups is 1. The fourth-order valence-corrected chi connectivity index (χ4v) is 4.79. The lowest BCUT2D eigenvalue weighted by atomic mass is 10.0. The highest BCUT2D eigenvalue weighted by molar-refractivity contribution is 7.89. The first-order chi connectivity index (χ1) is 9.78. The number of hydrogen-bond acceptors (Lipinski definition) is 4. The van der Waals surface area contributed by atoms with Crippen molar-refractivity contribution in [3.05, 3.63) is 29.3 Å². The van der Waals surface area contributed by atoms with Gasteiger partial charge in [0.05, 0.1) is 17.5 Å². The molecule has 0 saturated carbocycles. The Kier molecular flexibility index (Phi) is 4.67. The normalized spacial score (nSPS) is 23.4. The van der Waals surface area contributed by atoms with Crippen LogP contribution in [0.5, 0.6) is 0 Å². The Hall–Kier alpha value is -1.02. The topological polar surface area (TPSA) is 83.6 Å². The van der Waals surface area contributed by atoms with E-state index in [1.165, 1.54) is 10.4 Å². The number of aryl methyl sites for hydroxylation is 1. The van der Waals surface area contributed by atoms with Gasteiger partial charge in [0.15, 0.2) is 0 Å². The number of nitrogens with zero attached hydrogens (tertiary/aromatic N) is 1. The Bertz CT molecular complexity index is 658. The first-order valence-electron chi connectivity index (χ1n) is 6.82. The molecule has 7 heteroatoms. The Morgan fingerprint density at radius 1 is 1.52 bits per heavy atom. The Balaban J connectivity index is 2.41. The largest absolute Gasteiger partial charge is 0.395 e. The van der Waals surface area contributed by atoms with Crippen LogP contribution in [0.3, 0.4) is 0 Å². The smallest absolute Gasteiger partial charge is 0.243 e. The molecule has 3 N–H and O–H groups in total. The molecule has 1 aliphatic heterocycles. The summed E-state index contributed by atoms with van der Waals surface area (Å²) >= 11 is 4.93. The van der Waals surface area contributed by atoms with E-state index >= 15 is 0 Å². The summed E-state index contributed by atoms with van der Waals surface area (Å²) in [5, 5.41) is 9.45. The summed E-state index contributed by atoms with van der Waals surface area (Å²) in [4.78, 5) is 0.465. The zero-order chi connectivity index (χ0) is 15.8. The van der Waals surface area contributed by atoms with Crippen LogP contribution in [0.4, 0.5) is 0 Å². The third kappa shape index (κ3) is 2.96. The van der Waals surface area contributed by atoms with E-state index in [4.69, 9.17) is 18.0 Å². The van der Waals surface area contributed by atoms with Gasteiger partial charge in [0.25, 0.3) is 0 Å². The van der Waals surface area contributed by atoms with Gasteiger partial charge in [-0.05, 0) is 37.0 Å².